The molecule has 1 aliphatic rings. The molecule has 1 aromatic rings. The van der Waals surface area contributed by atoms with Gasteiger partial charge in [0.25, 0.3) is 0 Å². The van der Waals surface area contributed by atoms with Gasteiger partial charge in [0.2, 0.25) is 11.6 Å². The van der Waals surface area contributed by atoms with E-state index >= 15 is 0 Å². The van der Waals surface area contributed by atoms with Crippen molar-refractivity contribution < 1.29 is 10.0 Å². The molecule has 0 aromatic carbocycles. The van der Waals surface area contributed by atoms with Gasteiger partial charge in [0.05, 0.1) is 11.5 Å². The number of anilines is 2. The van der Waals surface area contributed by atoms with Gasteiger partial charge in [-0.15, -0.1) is 0 Å². The van der Waals surface area contributed by atoms with E-state index < -0.39 is 4.92 Å². The standard InChI is InChI=1S/C15H26N6O3/c1-4-20(9-10-22)15-13(21(23)24)14(16-11-17-15)19(3)12-5-7-18(2)8-6-12/h11-12,22H,4-10H2,1-3H3. The average molecular weight is 338 g/mol. The summed E-state index contributed by atoms with van der Waals surface area (Å²) in [5.74, 6) is 0.609. The molecular weight excluding hydrogens is 312 g/mol. The van der Waals surface area contributed by atoms with Gasteiger partial charge in [-0.25, -0.2) is 9.97 Å². The summed E-state index contributed by atoms with van der Waals surface area (Å²) in [5.41, 5.74) is -0.0887. The van der Waals surface area contributed by atoms with Gasteiger partial charge in [-0.3, -0.25) is 10.1 Å². The third-order valence-corrected chi connectivity index (χ3v) is 4.59. The number of piperidine rings is 1. The van der Waals surface area contributed by atoms with Gasteiger partial charge in [0.15, 0.2) is 0 Å². The maximum absolute atomic E-state index is 11.7. The Labute approximate surface area is 142 Å². The zero-order chi connectivity index (χ0) is 17.7. The first-order valence-electron chi connectivity index (χ1n) is 8.26. The van der Waals surface area contributed by atoms with Crippen molar-refractivity contribution >= 4 is 17.3 Å². The number of aliphatic hydroxyl groups is 1. The van der Waals surface area contributed by atoms with Crippen molar-refractivity contribution in [2.45, 2.75) is 25.8 Å². The van der Waals surface area contributed by atoms with Crippen molar-refractivity contribution in [2.24, 2.45) is 0 Å². The lowest BCUT2D eigenvalue weighted by Crippen LogP contribution is -2.42. The summed E-state index contributed by atoms with van der Waals surface area (Å²) in [6, 6.07) is 0.218. The molecule has 0 aliphatic carbocycles. The van der Waals surface area contributed by atoms with Crippen LogP contribution in [0.2, 0.25) is 0 Å². The third-order valence-electron chi connectivity index (χ3n) is 4.59. The maximum Gasteiger partial charge on any atom is 0.353 e. The Morgan fingerprint density at radius 3 is 2.54 bits per heavy atom. The molecule has 0 atom stereocenters. The molecule has 0 bridgehead atoms. The van der Waals surface area contributed by atoms with E-state index in [-0.39, 0.29) is 24.2 Å². The van der Waals surface area contributed by atoms with Gasteiger partial charge < -0.3 is 19.8 Å². The van der Waals surface area contributed by atoms with Gasteiger partial charge in [-0.2, -0.15) is 0 Å². The molecule has 0 unspecified atom stereocenters. The van der Waals surface area contributed by atoms with E-state index in [9.17, 15) is 15.2 Å². The van der Waals surface area contributed by atoms with Gasteiger partial charge in [0.1, 0.15) is 6.33 Å². The Hall–Kier alpha value is -2.00. The van der Waals surface area contributed by atoms with Gasteiger partial charge in [-0.05, 0) is 39.9 Å². The van der Waals surface area contributed by atoms with E-state index in [0.29, 0.717) is 18.9 Å². The SMILES string of the molecule is CCN(CCO)c1ncnc(N(C)C2CCN(C)CC2)c1[N+](=O)[O-]. The van der Waals surface area contributed by atoms with Crippen molar-refractivity contribution in [2.75, 3.05) is 56.7 Å². The second-order valence-corrected chi connectivity index (χ2v) is 6.08. The number of hydrogen-bond donors (Lipinski definition) is 1. The number of nitrogens with zero attached hydrogens (tertiary/aromatic N) is 6. The highest BCUT2D eigenvalue weighted by Crippen LogP contribution is 2.35. The zero-order valence-electron chi connectivity index (χ0n) is 14.6. The number of likely N-dealkylation sites (tertiary alicyclic amines) is 1. The minimum Gasteiger partial charge on any atom is -0.395 e. The first-order chi connectivity index (χ1) is 11.5. The van der Waals surface area contributed by atoms with Gasteiger partial charge in [-0.1, -0.05) is 0 Å². The number of aliphatic hydroxyl groups excluding tert-OH is 1. The Morgan fingerprint density at radius 2 is 2.00 bits per heavy atom. The fraction of sp³-hybridized carbons (Fsp3) is 0.733. The van der Waals surface area contributed by atoms with Crippen molar-refractivity contribution in [1.82, 2.24) is 14.9 Å². The minimum atomic E-state index is -0.420. The summed E-state index contributed by atoms with van der Waals surface area (Å²) in [6.07, 6.45) is 3.25. The van der Waals surface area contributed by atoms with Crippen LogP contribution in [0, 0.1) is 10.1 Å². The predicted molar refractivity (Wildman–Crippen MR) is 92.6 cm³/mol. The summed E-state index contributed by atoms with van der Waals surface area (Å²) in [6.45, 7) is 4.54. The molecule has 0 saturated carbocycles. The Kier molecular flexibility index (Phi) is 6.27. The van der Waals surface area contributed by atoms with Crippen LogP contribution in [0.3, 0.4) is 0 Å². The van der Waals surface area contributed by atoms with E-state index in [0.717, 1.165) is 25.9 Å². The Bertz CT molecular complexity index is 562. The predicted octanol–water partition coefficient (Wildman–Crippen LogP) is 0.734. The first kappa shape index (κ1) is 18.3. The van der Waals surface area contributed by atoms with Gasteiger partial charge in [0, 0.05) is 26.2 Å². The fourth-order valence-electron chi connectivity index (χ4n) is 3.10. The summed E-state index contributed by atoms with van der Waals surface area (Å²) in [4.78, 5) is 25.5. The number of nitro groups is 1. The highest BCUT2D eigenvalue weighted by atomic mass is 16.6. The molecule has 1 fully saturated rings. The second-order valence-electron chi connectivity index (χ2n) is 6.08. The Balaban J connectivity index is 2.37. The number of aromatic nitrogens is 2. The van der Waals surface area contributed by atoms with Crippen LogP contribution >= 0.6 is 0 Å². The molecule has 0 radical (unpaired) electrons. The molecular formula is C15H26N6O3. The molecule has 9 nitrogen and oxygen atoms in total. The monoisotopic (exact) mass is 338 g/mol. The van der Waals surface area contributed by atoms with Crippen LogP contribution in [-0.2, 0) is 0 Å². The van der Waals surface area contributed by atoms with Crippen LogP contribution in [0.4, 0.5) is 17.3 Å². The molecule has 9 heteroatoms. The quantitative estimate of drug-likeness (QED) is 0.574. The minimum absolute atomic E-state index is 0.0882. The summed E-state index contributed by atoms with van der Waals surface area (Å²) >= 11 is 0. The summed E-state index contributed by atoms with van der Waals surface area (Å²) in [7, 11) is 3.94. The number of hydrogen-bond acceptors (Lipinski definition) is 8. The molecule has 1 saturated heterocycles. The molecule has 2 heterocycles. The highest BCUT2D eigenvalue weighted by molar-refractivity contribution is 5.71. The first-order valence-corrected chi connectivity index (χ1v) is 8.26. The Morgan fingerprint density at radius 1 is 1.38 bits per heavy atom. The molecule has 1 N–H and O–H groups in total. The van der Waals surface area contributed by atoms with Crippen molar-refractivity contribution in [1.29, 1.82) is 0 Å². The molecule has 2 rings (SSSR count). The third kappa shape index (κ3) is 3.90. The molecule has 0 spiro atoms. The van der Waals surface area contributed by atoms with Crippen LogP contribution < -0.4 is 9.80 Å². The van der Waals surface area contributed by atoms with Crippen LogP contribution in [0.5, 0.6) is 0 Å². The van der Waals surface area contributed by atoms with Crippen LogP contribution in [0.1, 0.15) is 19.8 Å². The molecule has 0 amide bonds. The van der Waals surface area contributed by atoms with Crippen molar-refractivity contribution in [3.8, 4) is 0 Å². The van der Waals surface area contributed by atoms with Crippen LogP contribution in [-0.4, -0.2) is 77.8 Å². The molecule has 1 aliphatic heterocycles. The van der Waals surface area contributed by atoms with Crippen LogP contribution in [0.15, 0.2) is 6.33 Å². The topological polar surface area (TPSA) is 98.9 Å². The lowest BCUT2D eigenvalue weighted by Gasteiger charge is -2.35. The van der Waals surface area contributed by atoms with E-state index in [1.165, 1.54) is 6.33 Å². The molecule has 24 heavy (non-hydrogen) atoms. The highest BCUT2D eigenvalue weighted by Gasteiger charge is 2.31. The normalized spacial score (nSPS) is 16.2. The maximum atomic E-state index is 11.7. The smallest absolute Gasteiger partial charge is 0.353 e. The van der Waals surface area contributed by atoms with Crippen molar-refractivity contribution in [3.05, 3.63) is 16.4 Å². The fourth-order valence-corrected chi connectivity index (χ4v) is 3.10. The lowest BCUT2D eigenvalue weighted by molar-refractivity contribution is -0.383. The van der Waals surface area contributed by atoms with E-state index in [2.05, 4.69) is 21.9 Å². The molecule has 134 valence electrons. The van der Waals surface area contributed by atoms with Gasteiger partial charge >= 0.3 is 5.69 Å². The summed E-state index contributed by atoms with van der Waals surface area (Å²) < 4.78 is 0. The number of likely N-dealkylation sites (N-methyl/N-ethyl adjacent to an activating group) is 1. The number of rotatable bonds is 7. The summed E-state index contributed by atoms with van der Waals surface area (Å²) in [5, 5.41) is 20.9. The second kappa shape index (κ2) is 8.20. The largest absolute Gasteiger partial charge is 0.395 e. The zero-order valence-corrected chi connectivity index (χ0v) is 14.6. The molecule has 1 aromatic heterocycles. The van der Waals surface area contributed by atoms with E-state index in [1.54, 1.807) is 4.90 Å². The van der Waals surface area contributed by atoms with Crippen LogP contribution in [0.25, 0.3) is 0 Å². The van der Waals surface area contributed by atoms with E-state index in [1.807, 2.05) is 18.9 Å². The van der Waals surface area contributed by atoms with E-state index in [4.69, 9.17) is 0 Å². The van der Waals surface area contributed by atoms with Crippen molar-refractivity contribution in [3.63, 3.8) is 0 Å². The lowest BCUT2D eigenvalue weighted by atomic mass is 10.0. The average Bonchev–Trinajstić information content (AvgIpc) is 2.59.